The Morgan fingerprint density at radius 1 is 1.14 bits per heavy atom. The molecule has 2 aromatic carbocycles. The number of alkyl halides is 1. The second-order valence-corrected chi connectivity index (χ2v) is 10.1. The Hall–Kier alpha value is -1.89. The molecule has 2 atom stereocenters. The molecule has 5 nitrogen and oxygen atoms in total. The van der Waals surface area contributed by atoms with Crippen LogP contribution in [-0.2, 0) is 21.2 Å². The van der Waals surface area contributed by atoms with Crippen molar-refractivity contribution in [3.8, 4) is 11.1 Å². The largest absolute Gasteiger partial charge is 0.337 e. The molecule has 2 unspecified atom stereocenters. The van der Waals surface area contributed by atoms with Crippen molar-refractivity contribution in [3.05, 3.63) is 60.2 Å². The van der Waals surface area contributed by atoms with Crippen molar-refractivity contribution in [1.29, 1.82) is 0 Å². The van der Waals surface area contributed by atoms with Gasteiger partial charge in [0, 0.05) is 18.5 Å². The minimum atomic E-state index is -3.57. The number of nitrogens with zero attached hydrogens (tertiary/aromatic N) is 1. The number of likely N-dealkylation sites (tertiary alicyclic amines) is 1. The number of carbonyl (C=O) groups excluding carboxylic acids is 1. The smallest absolute Gasteiger partial charge is 0.225 e. The quantitative estimate of drug-likeness (QED) is 0.676. The third kappa shape index (κ3) is 5.38. The third-order valence-corrected chi connectivity index (χ3v) is 7.09. The molecule has 1 N–H and O–H groups in total. The molecule has 1 heterocycles. The third-order valence-electron chi connectivity index (χ3n) is 5.28. The minimum Gasteiger partial charge on any atom is -0.337 e. The Bertz CT molecular complexity index is 948. The van der Waals surface area contributed by atoms with Crippen LogP contribution in [0.4, 0.5) is 0 Å². The number of rotatable bonds is 7. The van der Waals surface area contributed by atoms with E-state index in [1.807, 2.05) is 49.1 Å². The summed E-state index contributed by atoms with van der Waals surface area (Å²) >= 11 is 5.59. The first-order chi connectivity index (χ1) is 13.8. The van der Waals surface area contributed by atoms with Gasteiger partial charge in [0.2, 0.25) is 15.9 Å². The van der Waals surface area contributed by atoms with Gasteiger partial charge in [-0.25, -0.2) is 13.1 Å². The van der Waals surface area contributed by atoms with Gasteiger partial charge in [0.15, 0.2) is 0 Å². The first kappa shape index (κ1) is 21.8. The van der Waals surface area contributed by atoms with Crippen LogP contribution < -0.4 is 4.72 Å². The predicted molar refractivity (Wildman–Crippen MR) is 117 cm³/mol. The van der Waals surface area contributed by atoms with Gasteiger partial charge in [-0.05, 0) is 29.5 Å². The highest BCUT2D eigenvalue weighted by molar-refractivity contribution is 7.90. The number of sulfonamides is 1. The fraction of sp³-hybridized carbons (Fsp3) is 0.409. The van der Waals surface area contributed by atoms with Crippen LogP contribution in [0.15, 0.2) is 54.6 Å². The topological polar surface area (TPSA) is 66.5 Å². The average Bonchev–Trinajstić information content (AvgIpc) is 3.09. The fourth-order valence-corrected chi connectivity index (χ4v) is 4.85. The molecule has 1 aliphatic heterocycles. The Labute approximate surface area is 178 Å². The molecule has 1 saturated heterocycles. The molecule has 156 valence electrons. The Morgan fingerprint density at radius 3 is 2.48 bits per heavy atom. The van der Waals surface area contributed by atoms with Crippen LogP contribution in [0.5, 0.6) is 0 Å². The lowest BCUT2D eigenvalue weighted by molar-refractivity contribution is -0.135. The van der Waals surface area contributed by atoms with Crippen LogP contribution >= 0.6 is 11.6 Å². The summed E-state index contributed by atoms with van der Waals surface area (Å²) in [5, 5.41) is -0.488. The molecule has 0 aliphatic carbocycles. The highest BCUT2D eigenvalue weighted by Gasteiger charge is 2.39. The molecule has 2 aromatic rings. The molecule has 0 bridgehead atoms. The second kappa shape index (κ2) is 9.28. The van der Waals surface area contributed by atoms with Crippen molar-refractivity contribution in [1.82, 2.24) is 9.62 Å². The number of nitrogens with one attached hydrogen (secondary N) is 1. The van der Waals surface area contributed by atoms with Crippen LogP contribution in [0.1, 0.15) is 25.8 Å². The first-order valence-electron chi connectivity index (χ1n) is 9.81. The molecule has 3 rings (SSSR count). The lowest BCUT2D eigenvalue weighted by Crippen LogP contribution is -2.49. The number of hydrogen-bond acceptors (Lipinski definition) is 3. The van der Waals surface area contributed by atoms with Crippen molar-refractivity contribution in [2.45, 2.75) is 38.8 Å². The van der Waals surface area contributed by atoms with E-state index in [-0.39, 0.29) is 23.9 Å². The molecular weight excluding hydrogens is 408 g/mol. The lowest BCUT2D eigenvalue weighted by atomic mass is 9.96. The van der Waals surface area contributed by atoms with Crippen molar-refractivity contribution >= 4 is 27.5 Å². The molecule has 1 amide bonds. The number of amides is 1. The summed E-state index contributed by atoms with van der Waals surface area (Å²) < 4.78 is 26.8. The maximum Gasteiger partial charge on any atom is 0.225 e. The van der Waals surface area contributed by atoms with Gasteiger partial charge in [0.1, 0.15) is 5.21 Å². The maximum absolute atomic E-state index is 12.7. The zero-order valence-corrected chi connectivity index (χ0v) is 18.3. The summed E-state index contributed by atoms with van der Waals surface area (Å²) in [4.78, 5) is 14.6. The molecular formula is C22H27ClN2O3S. The van der Waals surface area contributed by atoms with Gasteiger partial charge in [-0.15, -0.1) is 11.6 Å². The standard InChI is InChI=1S/C22H27ClN2O3S/c1-16(2)22(26)25-12-11-20(24-29(27,28)15-23)21(25)14-17-7-6-10-19(13-17)18-8-4-3-5-9-18/h3-10,13,16,20-21,24H,11-12,14-15H2,1-2H3. The molecule has 1 aliphatic rings. The maximum atomic E-state index is 12.7. The number of hydrogen-bond donors (Lipinski definition) is 1. The number of carbonyl (C=O) groups is 1. The Balaban J connectivity index is 1.88. The van der Waals surface area contributed by atoms with E-state index in [1.165, 1.54) is 0 Å². The second-order valence-electron chi connectivity index (χ2n) is 7.76. The summed E-state index contributed by atoms with van der Waals surface area (Å²) in [6, 6.07) is 17.7. The summed E-state index contributed by atoms with van der Waals surface area (Å²) in [5.41, 5.74) is 3.28. The van der Waals surface area contributed by atoms with E-state index in [1.54, 1.807) is 0 Å². The molecule has 29 heavy (non-hydrogen) atoms. The SMILES string of the molecule is CC(C)C(=O)N1CCC(NS(=O)(=O)CCl)C1Cc1cccc(-c2ccccc2)c1. The van der Waals surface area contributed by atoms with Gasteiger partial charge in [-0.2, -0.15) is 0 Å². The zero-order chi connectivity index (χ0) is 21.0. The van der Waals surface area contributed by atoms with Crippen LogP contribution in [0.3, 0.4) is 0 Å². The van der Waals surface area contributed by atoms with Crippen molar-refractivity contribution in [2.24, 2.45) is 5.92 Å². The van der Waals surface area contributed by atoms with E-state index in [0.29, 0.717) is 19.4 Å². The van der Waals surface area contributed by atoms with E-state index in [4.69, 9.17) is 11.6 Å². The zero-order valence-electron chi connectivity index (χ0n) is 16.7. The molecule has 0 radical (unpaired) electrons. The number of halogens is 1. The van der Waals surface area contributed by atoms with E-state index in [0.717, 1.165) is 16.7 Å². The average molecular weight is 435 g/mol. The highest BCUT2D eigenvalue weighted by atomic mass is 35.5. The summed E-state index contributed by atoms with van der Waals surface area (Å²) in [7, 11) is -3.57. The molecule has 0 saturated carbocycles. The van der Waals surface area contributed by atoms with Crippen molar-refractivity contribution in [3.63, 3.8) is 0 Å². The normalized spacial score (nSPS) is 19.7. The van der Waals surface area contributed by atoms with E-state index < -0.39 is 15.2 Å². The van der Waals surface area contributed by atoms with E-state index >= 15 is 0 Å². The monoisotopic (exact) mass is 434 g/mol. The molecule has 0 aromatic heterocycles. The molecule has 0 spiro atoms. The Morgan fingerprint density at radius 2 is 1.83 bits per heavy atom. The Kier molecular flexibility index (Phi) is 6.98. The van der Waals surface area contributed by atoms with Gasteiger partial charge in [0.05, 0.1) is 6.04 Å². The van der Waals surface area contributed by atoms with Crippen molar-refractivity contribution < 1.29 is 13.2 Å². The van der Waals surface area contributed by atoms with Gasteiger partial charge >= 0.3 is 0 Å². The summed E-state index contributed by atoms with van der Waals surface area (Å²) in [5.74, 6) is -0.0988. The van der Waals surface area contributed by atoms with Crippen LogP contribution in [0, 0.1) is 5.92 Å². The summed E-state index contributed by atoms with van der Waals surface area (Å²) in [6.07, 6.45) is 1.16. The number of benzene rings is 2. The van der Waals surface area contributed by atoms with E-state index in [9.17, 15) is 13.2 Å². The van der Waals surface area contributed by atoms with Crippen LogP contribution in [0.25, 0.3) is 11.1 Å². The first-order valence-corrected chi connectivity index (χ1v) is 12.0. The minimum absolute atomic E-state index is 0.0433. The fourth-order valence-electron chi connectivity index (χ4n) is 3.86. The van der Waals surface area contributed by atoms with Crippen LogP contribution in [-0.4, -0.2) is 43.1 Å². The summed E-state index contributed by atoms with van der Waals surface area (Å²) in [6.45, 7) is 4.27. The van der Waals surface area contributed by atoms with Gasteiger partial charge in [-0.1, -0.05) is 68.4 Å². The van der Waals surface area contributed by atoms with Gasteiger partial charge < -0.3 is 4.90 Å². The van der Waals surface area contributed by atoms with E-state index in [2.05, 4.69) is 29.0 Å². The highest BCUT2D eigenvalue weighted by Crippen LogP contribution is 2.27. The molecule has 7 heteroatoms. The lowest BCUT2D eigenvalue weighted by Gasteiger charge is -2.30. The van der Waals surface area contributed by atoms with Gasteiger partial charge in [-0.3, -0.25) is 4.79 Å². The molecule has 1 fully saturated rings. The van der Waals surface area contributed by atoms with Gasteiger partial charge in [0.25, 0.3) is 0 Å². The van der Waals surface area contributed by atoms with Crippen LogP contribution in [0.2, 0.25) is 0 Å². The van der Waals surface area contributed by atoms with Crippen molar-refractivity contribution in [2.75, 3.05) is 11.8 Å². The predicted octanol–water partition coefficient (Wildman–Crippen LogP) is 3.64.